The third-order valence-corrected chi connectivity index (χ3v) is 3.07. The summed E-state index contributed by atoms with van der Waals surface area (Å²) >= 11 is 0. The Morgan fingerprint density at radius 2 is 2.18 bits per heavy atom. The Labute approximate surface area is 108 Å². The molecule has 17 heavy (non-hydrogen) atoms. The second-order valence-corrected chi connectivity index (χ2v) is 4.34. The lowest BCUT2D eigenvalue weighted by Crippen LogP contribution is -2.35. The molecule has 1 unspecified atom stereocenters. The van der Waals surface area contributed by atoms with Gasteiger partial charge in [0.2, 0.25) is 5.91 Å². The molecule has 0 radical (unpaired) electrons. The summed E-state index contributed by atoms with van der Waals surface area (Å²) in [6.45, 7) is 2.68. The van der Waals surface area contributed by atoms with Gasteiger partial charge in [-0.05, 0) is 37.9 Å². The van der Waals surface area contributed by atoms with Crippen LogP contribution in [0.15, 0.2) is 24.3 Å². The van der Waals surface area contributed by atoms with Crippen LogP contribution in [0.3, 0.4) is 0 Å². The van der Waals surface area contributed by atoms with Gasteiger partial charge in [-0.25, -0.2) is 0 Å². The van der Waals surface area contributed by atoms with Crippen LogP contribution in [0.5, 0.6) is 0 Å². The van der Waals surface area contributed by atoms with Gasteiger partial charge in [0, 0.05) is 18.2 Å². The maximum absolute atomic E-state index is 12.0. The SMILES string of the molecule is CC1Cc2ccccc2N1C(=O)CCCN.Cl. The van der Waals surface area contributed by atoms with Crippen molar-refractivity contribution in [1.29, 1.82) is 0 Å². The Morgan fingerprint density at radius 3 is 2.88 bits per heavy atom. The molecule has 0 bridgehead atoms. The smallest absolute Gasteiger partial charge is 0.227 e. The minimum Gasteiger partial charge on any atom is -0.330 e. The number of carbonyl (C=O) groups is 1. The lowest BCUT2D eigenvalue weighted by atomic mass is 10.1. The highest BCUT2D eigenvalue weighted by Gasteiger charge is 2.29. The molecule has 0 saturated carbocycles. The molecule has 0 aliphatic carbocycles. The van der Waals surface area contributed by atoms with Crippen LogP contribution in [0.2, 0.25) is 0 Å². The van der Waals surface area contributed by atoms with Crippen LogP contribution in [-0.2, 0) is 11.2 Å². The number of nitrogens with zero attached hydrogens (tertiary/aromatic N) is 1. The molecule has 1 aromatic rings. The number of para-hydroxylation sites is 1. The number of hydrogen-bond donors (Lipinski definition) is 1. The number of halogens is 1. The van der Waals surface area contributed by atoms with Crippen molar-refractivity contribution in [2.75, 3.05) is 11.4 Å². The van der Waals surface area contributed by atoms with Crippen LogP contribution in [0.1, 0.15) is 25.3 Å². The summed E-state index contributed by atoms with van der Waals surface area (Å²) in [5.74, 6) is 0.197. The Balaban J connectivity index is 0.00000144. The number of amides is 1. The fraction of sp³-hybridized carbons (Fsp3) is 0.462. The van der Waals surface area contributed by atoms with Gasteiger partial charge >= 0.3 is 0 Å². The normalized spacial score (nSPS) is 17.5. The van der Waals surface area contributed by atoms with Gasteiger partial charge in [0.1, 0.15) is 0 Å². The average Bonchev–Trinajstić information content (AvgIpc) is 2.62. The van der Waals surface area contributed by atoms with Crippen molar-refractivity contribution in [2.45, 2.75) is 32.2 Å². The topological polar surface area (TPSA) is 46.3 Å². The van der Waals surface area contributed by atoms with E-state index in [2.05, 4.69) is 13.0 Å². The molecule has 1 atom stereocenters. The highest BCUT2D eigenvalue weighted by atomic mass is 35.5. The average molecular weight is 255 g/mol. The van der Waals surface area contributed by atoms with Crippen LogP contribution in [-0.4, -0.2) is 18.5 Å². The number of carbonyl (C=O) groups excluding carboxylic acids is 1. The van der Waals surface area contributed by atoms with Crippen LogP contribution >= 0.6 is 12.4 Å². The fourth-order valence-corrected chi connectivity index (χ4v) is 2.32. The van der Waals surface area contributed by atoms with E-state index >= 15 is 0 Å². The monoisotopic (exact) mass is 254 g/mol. The molecule has 1 heterocycles. The molecule has 0 fully saturated rings. The number of anilines is 1. The second kappa shape index (κ2) is 6.03. The summed E-state index contributed by atoms with van der Waals surface area (Å²) in [6.07, 6.45) is 2.28. The zero-order valence-electron chi connectivity index (χ0n) is 10.1. The molecule has 2 N–H and O–H groups in total. The van der Waals surface area contributed by atoms with Gasteiger partial charge in [-0.2, -0.15) is 0 Å². The predicted octanol–water partition coefficient (Wildman–Crippen LogP) is 2.12. The standard InChI is InChI=1S/C13H18N2O.ClH/c1-10-9-11-5-2-3-6-12(11)15(10)13(16)7-4-8-14;/h2-3,5-6,10H,4,7-9,14H2,1H3;1H. The molecular formula is C13H19ClN2O. The second-order valence-electron chi connectivity index (χ2n) is 4.34. The molecule has 0 saturated heterocycles. The third-order valence-electron chi connectivity index (χ3n) is 3.07. The molecule has 1 aromatic carbocycles. The van der Waals surface area contributed by atoms with Crippen molar-refractivity contribution >= 4 is 24.0 Å². The molecular weight excluding hydrogens is 236 g/mol. The summed E-state index contributed by atoms with van der Waals surface area (Å²) in [4.78, 5) is 14.0. The first-order valence-corrected chi connectivity index (χ1v) is 5.84. The lowest BCUT2D eigenvalue weighted by molar-refractivity contribution is -0.118. The number of hydrogen-bond acceptors (Lipinski definition) is 2. The summed E-state index contributed by atoms with van der Waals surface area (Å²) in [7, 11) is 0. The molecule has 2 rings (SSSR count). The van der Waals surface area contributed by atoms with E-state index in [9.17, 15) is 4.79 Å². The van der Waals surface area contributed by atoms with Crippen molar-refractivity contribution in [3.8, 4) is 0 Å². The van der Waals surface area contributed by atoms with Gasteiger partial charge < -0.3 is 10.6 Å². The van der Waals surface area contributed by atoms with E-state index in [1.807, 2.05) is 23.1 Å². The molecule has 1 aliphatic rings. The van der Waals surface area contributed by atoms with E-state index in [4.69, 9.17) is 5.73 Å². The number of rotatable bonds is 3. The van der Waals surface area contributed by atoms with Crippen molar-refractivity contribution in [3.63, 3.8) is 0 Å². The van der Waals surface area contributed by atoms with E-state index in [1.54, 1.807) is 0 Å². The number of nitrogens with two attached hydrogens (primary N) is 1. The summed E-state index contributed by atoms with van der Waals surface area (Å²) in [6, 6.07) is 8.42. The zero-order valence-corrected chi connectivity index (χ0v) is 10.9. The number of benzene rings is 1. The Kier molecular flexibility index (Phi) is 4.97. The van der Waals surface area contributed by atoms with Crippen molar-refractivity contribution < 1.29 is 4.79 Å². The summed E-state index contributed by atoms with van der Waals surface area (Å²) in [5.41, 5.74) is 7.79. The molecule has 94 valence electrons. The van der Waals surface area contributed by atoms with Crippen molar-refractivity contribution in [3.05, 3.63) is 29.8 Å². The predicted molar refractivity (Wildman–Crippen MR) is 72.6 cm³/mol. The van der Waals surface area contributed by atoms with E-state index in [1.165, 1.54) is 5.56 Å². The molecule has 0 aromatic heterocycles. The van der Waals surface area contributed by atoms with Gasteiger partial charge in [-0.3, -0.25) is 4.79 Å². The molecule has 3 nitrogen and oxygen atoms in total. The molecule has 1 amide bonds. The first kappa shape index (κ1) is 14.0. The van der Waals surface area contributed by atoms with E-state index in [0.29, 0.717) is 13.0 Å². The minimum atomic E-state index is 0. The van der Waals surface area contributed by atoms with Crippen LogP contribution < -0.4 is 10.6 Å². The lowest BCUT2D eigenvalue weighted by Gasteiger charge is -2.22. The van der Waals surface area contributed by atoms with Gasteiger partial charge in [0.25, 0.3) is 0 Å². The largest absolute Gasteiger partial charge is 0.330 e. The van der Waals surface area contributed by atoms with Gasteiger partial charge in [0.15, 0.2) is 0 Å². The first-order valence-electron chi connectivity index (χ1n) is 5.84. The van der Waals surface area contributed by atoms with Crippen LogP contribution in [0, 0.1) is 0 Å². The maximum Gasteiger partial charge on any atom is 0.227 e. The van der Waals surface area contributed by atoms with Gasteiger partial charge in [-0.15, -0.1) is 12.4 Å². The van der Waals surface area contributed by atoms with Crippen molar-refractivity contribution in [2.24, 2.45) is 5.73 Å². The maximum atomic E-state index is 12.0. The molecule has 1 aliphatic heterocycles. The quantitative estimate of drug-likeness (QED) is 0.898. The fourth-order valence-electron chi connectivity index (χ4n) is 2.32. The van der Waals surface area contributed by atoms with E-state index < -0.39 is 0 Å². The number of fused-ring (bicyclic) bond motifs is 1. The Morgan fingerprint density at radius 1 is 1.47 bits per heavy atom. The van der Waals surface area contributed by atoms with Gasteiger partial charge in [0.05, 0.1) is 0 Å². The highest BCUT2D eigenvalue weighted by molar-refractivity contribution is 5.96. The van der Waals surface area contributed by atoms with Gasteiger partial charge in [-0.1, -0.05) is 18.2 Å². The van der Waals surface area contributed by atoms with Crippen molar-refractivity contribution in [1.82, 2.24) is 0 Å². The highest BCUT2D eigenvalue weighted by Crippen LogP contribution is 2.32. The summed E-state index contributed by atoms with van der Waals surface area (Å²) < 4.78 is 0. The molecule has 0 spiro atoms. The van der Waals surface area contributed by atoms with Crippen LogP contribution in [0.4, 0.5) is 5.69 Å². The first-order chi connectivity index (χ1) is 7.74. The summed E-state index contributed by atoms with van der Waals surface area (Å²) in [5, 5.41) is 0. The Hall–Kier alpha value is -1.06. The van der Waals surface area contributed by atoms with E-state index in [-0.39, 0.29) is 24.4 Å². The zero-order chi connectivity index (χ0) is 11.5. The van der Waals surface area contributed by atoms with Crippen LogP contribution in [0.25, 0.3) is 0 Å². The third kappa shape index (κ3) is 2.79. The van der Waals surface area contributed by atoms with E-state index in [0.717, 1.165) is 18.5 Å². The minimum absolute atomic E-state index is 0. The molecule has 4 heteroatoms. The Bertz CT molecular complexity index is 395.